The van der Waals surface area contributed by atoms with Gasteiger partial charge in [-0.15, -0.1) is 0 Å². The van der Waals surface area contributed by atoms with E-state index >= 15 is 0 Å². The monoisotopic (exact) mass is 701 g/mol. The summed E-state index contributed by atoms with van der Waals surface area (Å²) in [5, 5.41) is 17.4. The van der Waals surface area contributed by atoms with Crippen molar-refractivity contribution in [3.8, 4) is 11.1 Å². The topological polar surface area (TPSA) is 109 Å². The SMILES string of the molecule is CCOC(=O)CNC(=O)NCc1cccc(-c2ccc(C3OC(CN(C)C(C)c4ccc5ccccc5c4)CC(c4ccc(CO)cc4)O3)cc2)c1. The molecule has 0 spiro atoms. The number of esters is 1. The van der Waals surface area contributed by atoms with Crippen LogP contribution in [0.1, 0.15) is 66.5 Å². The largest absolute Gasteiger partial charge is 0.465 e. The van der Waals surface area contributed by atoms with Crippen LogP contribution in [0.3, 0.4) is 0 Å². The maximum atomic E-state index is 12.2. The van der Waals surface area contributed by atoms with Crippen LogP contribution in [0.4, 0.5) is 4.79 Å². The van der Waals surface area contributed by atoms with E-state index in [0.29, 0.717) is 13.0 Å². The van der Waals surface area contributed by atoms with E-state index in [4.69, 9.17) is 14.2 Å². The molecule has 52 heavy (non-hydrogen) atoms. The molecule has 4 unspecified atom stereocenters. The van der Waals surface area contributed by atoms with Crippen molar-refractivity contribution in [2.24, 2.45) is 0 Å². The number of carbonyl (C=O) groups is 2. The number of urea groups is 1. The highest BCUT2D eigenvalue weighted by molar-refractivity contribution is 5.83. The number of nitrogens with one attached hydrogen (secondary N) is 2. The summed E-state index contributed by atoms with van der Waals surface area (Å²) in [5.41, 5.74) is 7.04. The minimum Gasteiger partial charge on any atom is -0.465 e. The van der Waals surface area contributed by atoms with Gasteiger partial charge in [0, 0.05) is 31.1 Å². The molecule has 4 atom stereocenters. The Morgan fingerprint density at radius 3 is 2.33 bits per heavy atom. The zero-order valence-electron chi connectivity index (χ0n) is 30.0. The molecule has 0 aromatic heterocycles. The number of carbonyl (C=O) groups excluding carboxylic acids is 2. The first-order valence-corrected chi connectivity index (χ1v) is 17.9. The maximum Gasteiger partial charge on any atom is 0.325 e. The number of nitrogens with zero attached hydrogens (tertiary/aromatic N) is 1. The lowest BCUT2D eigenvalue weighted by atomic mass is 9.98. The van der Waals surface area contributed by atoms with E-state index in [-0.39, 0.29) is 38.0 Å². The predicted octanol–water partition coefficient (Wildman–Crippen LogP) is 7.60. The van der Waals surface area contributed by atoms with E-state index in [1.54, 1.807) is 6.92 Å². The molecular formula is C43H47N3O6. The average Bonchev–Trinajstić information content (AvgIpc) is 3.19. The van der Waals surface area contributed by atoms with Crippen LogP contribution in [0.2, 0.25) is 0 Å². The Labute approximate surface area is 305 Å². The van der Waals surface area contributed by atoms with Gasteiger partial charge in [-0.25, -0.2) is 4.79 Å². The Morgan fingerprint density at radius 2 is 1.58 bits per heavy atom. The van der Waals surface area contributed by atoms with Gasteiger partial charge in [-0.2, -0.15) is 0 Å². The van der Waals surface area contributed by atoms with Gasteiger partial charge < -0.3 is 30.0 Å². The molecule has 5 aromatic rings. The van der Waals surface area contributed by atoms with E-state index in [0.717, 1.165) is 39.9 Å². The fraction of sp³-hybridized carbons (Fsp3) is 0.302. The summed E-state index contributed by atoms with van der Waals surface area (Å²) < 4.78 is 18.2. The maximum absolute atomic E-state index is 12.2. The van der Waals surface area contributed by atoms with E-state index in [1.807, 2.05) is 60.7 Å². The first-order chi connectivity index (χ1) is 25.3. The lowest BCUT2D eigenvalue weighted by molar-refractivity contribution is -0.253. The van der Waals surface area contributed by atoms with Crippen LogP contribution in [0.15, 0.2) is 115 Å². The molecule has 1 heterocycles. The minimum absolute atomic E-state index is 0.00412. The summed E-state index contributed by atoms with van der Waals surface area (Å²) in [6, 6.07) is 39.0. The molecule has 1 aliphatic heterocycles. The highest BCUT2D eigenvalue weighted by Crippen LogP contribution is 2.39. The average molecular weight is 702 g/mol. The minimum atomic E-state index is -0.566. The summed E-state index contributed by atoms with van der Waals surface area (Å²) in [6.07, 6.45) is -0.140. The molecule has 0 aliphatic carbocycles. The van der Waals surface area contributed by atoms with Gasteiger partial charge in [0.05, 0.1) is 25.4 Å². The van der Waals surface area contributed by atoms with Gasteiger partial charge in [-0.05, 0) is 77.2 Å². The van der Waals surface area contributed by atoms with Crippen molar-refractivity contribution in [1.29, 1.82) is 0 Å². The first kappa shape index (κ1) is 36.7. The van der Waals surface area contributed by atoms with Gasteiger partial charge in [-0.3, -0.25) is 9.69 Å². The Kier molecular flexibility index (Phi) is 12.3. The van der Waals surface area contributed by atoms with Crippen LogP contribution >= 0.6 is 0 Å². The fourth-order valence-corrected chi connectivity index (χ4v) is 6.54. The third-order valence-corrected chi connectivity index (χ3v) is 9.62. The van der Waals surface area contributed by atoms with Crippen LogP contribution < -0.4 is 10.6 Å². The predicted molar refractivity (Wildman–Crippen MR) is 202 cm³/mol. The molecule has 2 amide bonds. The van der Waals surface area contributed by atoms with E-state index < -0.39 is 18.3 Å². The third-order valence-electron chi connectivity index (χ3n) is 9.62. The Bertz CT molecular complexity index is 1950. The summed E-state index contributed by atoms with van der Waals surface area (Å²) in [6.45, 7) is 5.06. The van der Waals surface area contributed by atoms with Gasteiger partial charge in [0.2, 0.25) is 0 Å². The normalized spacial score (nSPS) is 17.8. The molecule has 270 valence electrons. The Balaban J connectivity index is 1.14. The summed E-state index contributed by atoms with van der Waals surface area (Å²) >= 11 is 0. The fourth-order valence-electron chi connectivity index (χ4n) is 6.54. The van der Waals surface area contributed by atoms with Gasteiger partial charge in [0.25, 0.3) is 0 Å². The van der Waals surface area contributed by atoms with Gasteiger partial charge >= 0.3 is 12.0 Å². The number of benzene rings is 5. The van der Waals surface area contributed by atoms with Crippen molar-refractivity contribution in [3.05, 3.63) is 143 Å². The highest BCUT2D eigenvalue weighted by atomic mass is 16.7. The Morgan fingerprint density at radius 1 is 0.827 bits per heavy atom. The molecule has 1 aliphatic rings. The van der Waals surface area contributed by atoms with Gasteiger partial charge in [-0.1, -0.05) is 103 Å². The standard InChI is InChI=1S/C43H47N3O6/c1-4-50-41(48)26-45-43(49)44-25-31-8-7-11-37(22-31)33-16-19-35(20-17-33)42-51-39(24-40(52-42)34-14-12-30(28-47)13-15-34)27-46(3)29(2)36-21-18-32-9-5-6-10-38(32)23-36/h5-23,29,39-40,42,47H,4,24-28H2,1-3H3,(H2,44,45,49). The molecule has 0 saturated carbocycles. The van der Waals surface area contributed by atoms with Crippen molar-refractivity contribution >= 4 is 22.8 Å². The molecule has 9 nitrogen and oxygen atoms in total. The van der Waals surface area contributed by atoms with Crippen molar-refractivity contribution in [3.63, 3.8) is 0 Å². The van der Waals surface area contributed by atoms with Crippen molar-refractivity contribution in [2.75, 3.05) is 26.7 Å². The van der Waals surface area contributed by atoms with E-state index in [1.165, 1.54) is 16.3 Å². The van der Waals surface area contributed by atoms with Crippen LogP contribution in [0.5, 0.6) is 0 Å². The van der Waals surface area contributed by atoms with E-state index in [9.17, 15) is 14.7 Å². The van der Waals surface area contributed by atoms with Crippen molar-refractivity contribution in [1.82, 2.24) is 15.5 Å². The third kappa shape index (κ3) is 9.43. The number of amides is 2. The second kappa shape index (κ2) is 17.4. The molecule has 1 saturated heterocycles. The zero-order valence-corrected chi connectivity index (χ0v) is 30.0. The van der Waals surface area contributed by atoms with Crippen LogP contribution in [-0.4, -0.2) is 54.9 Å². The lowest BCUT2D eigenvalue weighted by Gasteiger charge is -2.39. The van der Waals surface area contributed by atoms with Crippen molar-refractivity contribution < 1.29 is 28.9 Å². The second-order valence-electron chi connectivity index (χ2n) is 13.2. The summed E-state index contributed by atoms with van der Waals surface area (Å²) in [5.74, 6) is -0.478. The summed E-state index contributed by atoms with van der Waals surface area (Å²) in [4.78, 5) is 26.0. The highest BCUT2D eigenvalue weighted by Gasteiger charge is 2.33. The van der Waals surface area contributed by atoms with E-state index in [2.05, 4.69) is 84.1 Å². The molecule has 0 bridgehead atoms. The van der Waals surface area contributed by atoms with Crippen LogP contribution in [-0.2, 0) is 32.2 Å². The van der Waals surface area contributed by atoms with Gasteiger partial charge in [0.1, 0.15) is 6.54 Å². The lowest BCUT2D eigenvalue weighted by Crippen LogP contribution is -2.38. The number of likely N-dealkylation sites (N-methyl/N-ethyl adjacent to an activating group) is 1. The molecular weight excluding hydrogens is 654 g/mol. The van der Waals surface area contributed by atoms with Gasteiger partial charge in [0.15, 0.2) is 6.29 Å². The van der Waals surface area contributed by atoms with Crippen LogP contribution in [0.25, 0.3) is 21.9 Å². The number of aliphatic hydroxyl groups excluding tert-OH is 1. The number of fused-ring (bicyclic) bond motifs is 1. The Hall–Kier alpha value is -5.06. The summed E-state index contributed by atoms with van der Waals surface area (Å²) in [7, 11) is 2.15. The van der Waals surface area contributed by atoms with Crippen molar-refractivity contribution in [2.45, 2.75) is 58.0 Å². The quantitative estimate of drug-likeness (QED) is 0.109. The first-order valence-electron chi connectivity index (χ1n) is 17.9. The number of hydrogen-bond donors (Lipinski definition) is 3. The molecule has 6 rings (SSSR count). The molecule has 9 heteroatoms. The molecule has 0 radical (unpaired) electrons. The zero-order chi connectivity index (χ0) is 36.5. The number of aliphatic hydroxyl groups is 1. The second-order valence-corrected chi connectivity index (χ2v) is 13.2. The molecule has 1 fully saturated rings. The molecule has 5 aromatic carbocycles. The smallest absolute Gasteiger partial charge is 0.325 e. The van der Waals surface area contributed by atoms with Crippen LogP contribution in [0, 0.1) is 0 Å². The number of ether oxygens (including phenoxy) is 3. The molecule has 3 N–H and O–H groups in total. The number of hydrogen-bond acceptors (Lipinski definition) is 7. The number of rotatable bonds is 13.